The van der Waals surface area contributed by atoms with Crippen LogP contribution in [0.25, 0.3) is 0 Å². The summed E-state index contributed by atoms with van der Waals surface area (Å²) < 4.78 is 46.2. The monoisotopic (exact) mass is 381 g/mol. The van der Waals surface area contributed by atoms with Crippen LogP contribution < -0.4 is 0 Å². The fraction of sp³-hybridized carbons (Fsp3) is 0.538. The Labute approximate surface area is 131 Å². The molecule has 0 spiro atoms. The van der Waals surface area contributed by atoms with Crippen molar-refractivity contribution in [3.63, 3.8) is 0 Å². The van der Waals surface area contributed by atoms with E-state index in [1.54, 1.807) is 7.11 Å². The molecule has 0 radical (unpaired) electrons. The Morgan fingerprint density at radius 3 is 2.57 bits per heavy atom. The van der Waals surface area contributed by atoms with Gasteiger partial charge in [-0.25, -0.2) is 12.8 Å². The molecule has 1 aliphatic heterocycles. The van der Waals surface area contributed by atoms with Gasteiger partial charge in [-0.3, -0.25) is 0 Å². The molecule has 0 aromatic heterocycles. The molecule has 0 bridgehead atoms. The zero-order valence-electron chi connectivity index (χ0n) is 11.6. The highest BCUT2D eigenvalue weighted by Crippen LogP contribution is 2.28. The molecule has 1 aromatic carbocycles. The maximum atomic E-state index is 14.2. The van der Waals surface area contributed by atoms with Crippen molar-refractivity contribution in [2.45, 2.75) is 30.4 Å². The normalized spacial score (nSPS) is 18.1. The van der Waals surface area contributed by atoms with Crippen molar-refractivity contribution in [1.82, 2.24) is 4.31 Å². The lowest BCUT2D eigenvalue weighted by atomic mass is 10.1. The Kier molecular flexibility index (Phi) is 5.37. The second-order valence-corrected chi connectivity index (χ2v) is 7.70. The standard InChI is InChI=1S/C13H17BrFNO4S/c1-20-11-2-4-16(5-3-11)21(18,19)12-7-10(14)6-9(8-17)13(12)15/h6-7,11,17H,2-5,8H2,1H3. The van der Waals surface area contributed by atoms with Crippen molar-refractivity contribution in [2.75, 3.05) is 20.2 Å². The highest BCUT2D eigenvalue weighted by molar-refractivity contribution is 9.10. The molecule has 118 valence electrons. The molecule has 1 saturated heterocycles. The predicted octanol–water partition coefficient (Wildman–Crippen LogP) is 1.88. The first-order valence-corrected chi connectivity index (χ1v) is 8.75. The van der Waals surface area contributed by atoms with Crippen LogP contribution in [0.4, 0.5) is 4.39 Å². The maximum absolute atomic E-state index is 14.2. The minimum Gasteiger partial charge on any atom is -0.392 e. The van der Waals surface area contributed by atoms with E-state index >= 15 is 0 Å². The first-order chi connectivity index (χ1) is 9.90. The lowest BCUT2D eigenvalue weighted by Crippen LogP contribution is -2.40. The van der Waals surface area contributed by atoms with Gasteiger partial charge in [0.2, 0.25) is 10.0 Å². The predicted molar refractivity (Wildman–Crippen MR) is 78.8 cm³/mol. The highest BCUT2D eigenvalue weighted by Gasteiger charge is 2.32. The fourth-order valence-electron chi connectivity index (χ4n) is 2.37. The summed E-state index contributed by atoms with van der Waals surface area (Å²) in [6.07, 6.45) is 1.20. The van der Waals surface area contributed by atoms with E-state index in [2.05, 4.69) is 15.9 Å². The van der Waals surface area contributed by atoms with Crippen LogP contribution in [0.1, 0.15) is 18.4 Å². The first-order valence-electron chi connectivity index (χ1n) is 6.52. The van der Waals surface area contributed by atoms with E-state index in [0.29, 0.717) is 30.4 Å². The lowest BCUT2D eigenvalue weighted by Gasteiger charge is -2.30. The average molecular weight is 382 g/mol. The van der Waals surface area contributed by atoms with E-state index in [4.69, 9.17) is 9.84 Å². The van der Waals surface area contributed by atoms with Crippen molar-refractivity contribution < 1.29 is 22.7 Å². The number of aliphatic hydroxyl groups excluding tert-OH is 1. The van der Waals surface area contributed by atoms with Gasteiger partial charge in [0, 0.05) is 30.2 Å². The second kappa shape index (κ2) is 6.70. The number of rotatable bonds is 4. The molecule has 2 rings (SSSR count). The third-order valence-electron chi connectivity index (χ3n) is 3.60. The van der Waals surface area contributed by atoms with E-state index in [9.17, 15) is 12.8 Å². The summed E-state index contributed by atoms with van der Waals surface area (Å²) in [5.41, 5.74) is -0.0465. The van der Waals surface area contributed by atoms with Crippen molar-refractivity contribution in [1.29, 1.82) is 0 Å². The molecule has 1 aliphatic rings. The fourth-order valence-corrected chi connectivity index (χ4v) is 4.63. The van der Waals surface area contributed by atoms with E-state index in [0.717, 1.165) is 0 Å². The number of sulfonamides is 1. The molecule has 21 heavy (non-hydrogen) atoms. The van der Waals surface area contributed by atoms with Crippen molar-refractivity contribution in [3.05, 3.63) is 28.0 Å². The minimum absolute atomic E-state index is 0.0387. The van der Waals surface area contributed by atoms with Crippen molar-refractivity contribution in [3.8, 4) is 0 Å². The molecule has 0 amide bonds. The molecule has 8 heteroatoms. The van der Waals surface area contributed by atoms with Crippen LogP contribution in [0.5, 0.6) is 0 Å². The Hall–Kier alpha value is -0.540. The maximum Gasteiger partial charge on any atom is 0.246 e. The Morgan fingerprint density at radius 1 is 1.43 bits per heavy atom. The first kappa shape index (κ1) is 16.8. The molecule has 0 unspecified atom stereocenters. The van der Waals surface area contributed by atoms with E-state index < -0.39 is 27.3 Å². The molecule has 0 saturated carbocycles. The summed E-state index contributed by atoms with van der Waals surface area (Å²) in [6, 6.07) is 2.59. The third-order valence-corrected chi connectivity index (χ3v) is 5.96. The van der Waals surface area contributed by atoms with Gasteiger partial charge >= 0.3 is 0 Å². The van der Waals surface area contributed by atoms with Gasteiger partial charge < -0.3 is 9.84 Å². The van der Waals surface area contributed by atoms with Gasteiger partial charge in [0.25, 0.3) is 0 Å². The van der Waals surface area contributed by atoms with Crippen LogP contribution in [-0.4, -0.2) is 44.1 Å². The highest BCUT2D eigenvalue weighted by atomic mass is 79.9. The largest absolute Gasteiger partial charge is 0.392 e. The number of nitrogens with zero attached hydrogens (tertiary/aromatic N) is 1. The van der Waals surface area contributed by atoms with Crippen molar-refractivity contribution in [2.24, 2.45) is 0 Å². The quantitative estimate of drug-likeness (QED) is 0.864. The van der Waals surface area contributed by atoms with E-state index in [1.165, 1.54) is 16.4 Å². The van der Waals surface area contributed by atoms with Gasteiger partial charge in [-0.15, -0.1) is 0 Å². The third kappa shape index (κ3) is 3.45. The van der Waals surface area contributed by atoms with E-state index in [1.807, 2.05) is 0 Å². The van der Waals surface area contributed by atoms with Gasteiger partial charge in [0.15, 0.2) is 0 Å². The summed E-state index contributed by atoms with van der Waals surface area (Å²) in [4.78, 5) is -0.406. The number of benzene rings is 1. The summed E-state index contributed by atoms with van der Waals surface area (Å²) >= 11 is 3.14. The zero-order chi connectivity index (χ0) is 15.6. The smallest absolute Gasteiger partial charge is 0.246 e. The second-order valence-electron chi connectivity index (χ2n) is 4.87. The number of hydrogen-bond donors (Lipinski definition) is 1. The zero-order valence-corrected chi connectivity index (χ0v) is 14.0. The number of hydrogen-bond acceptors (Lipinski definition) is 4. The summed E-state index contributed by atoms with van der Waals surface area (Å²) in [6.45, 7) is 0.0298. The molecule has 1 heterocycles. The van der Waals surface area contributed by atoms with Crippen LogP contribution in [0.15, 0.2) is 21.5 Å². The van der Waals surface area contributed by atoms with Gasteiger partial charge in [0.1, 0.15) is 10.7 Å². The topological polar surface area (TPSA) is 66.8 Å². The molecular weight excluding hydrogens is 365 g/mol. The number of methoxy groups -OCH3 is 1. The van der Waals surface area contributed by atoms with Crippen LogP contribution in [0.3, 0.4) is 0 Å². The molecule has 1 aromatic rings. The lowest BCUT2D eigenvalue weighted by molar-refractivity contribution is 0.0604. The molecular formula is C13H17BrFNO4S. The molecule has 1 fully saturated rings. The Bertz CT molecular complexity index is 615. The van der Waals surface area contributed by atoms with Crippen LogP contribution in [0, 0.1) is 5.82 Å². The summed E-state index contributed by atoms with van der Waals surface area (Å²) in [7, 11) is -2.32. The molecule has 1 N–H and O–H groups in total. The van der Waals surface area contributed by atoms with Crippen LogP contribution >= 0.6 is 15.9 Å². The summed E-state index contributed by atoms with van der Waals surface area (Å²) in [5, 5.41) is 9.12. The average Bonchev–Trinajstić information content (AvgIpc) is 2.49. The molecule has 5 nitrogen and oxygen atoms in total. The van der Waals surface area contributed by atoms with Gasteiger partial charge in [-0.2, -0.15) is 4.31 Å². The SMILES string of the molecule is COC1CCN(S(=O)(=O)c2cc(Br)cc(CO)c2F)CC1. The molecule has 0 atom stereocenters. The number of halogens is 2. The van der Waals surface area contributed by atoms with E-state index in [-0.39, 0.29) is 11.7 Å². The van der Waals surface area contributed by atoms with Gasteiger partial charge in [0.05, 0.1) is 12.7 Å². The van der Waals surface area contributed by atoms with Gasteiger partial charge in [-0.1, -0.05) is 15.9 Å². The van der Waals surface area contributed by atoms with Crippen LogP contribution in [-0.2, 0) is 21.4 Å². The number of aliphatic hydroxyl groups is 1. The Morgan fingerprint density at radius 2 is 2.05 bits per heavy atom. The van der Waals surface area contributed by atoms with Gasteiger partial charge in [-0.05, 0) is 25.0 Å². The van der Waals surface area contributed by atoms with Crippen LogP contribution in [0.2, 0.25) is 0 Å². The number of piperidine rings is 1. The summed E-state index contributed by atoms with van der Waals surface area (Å²) in [5.74, 6) is -0.894. The van der Waals surface area contributed by atoms with Crippen molar-refractivity contribution >= 4 is 26.0 Å². The minimum atomic E-state index is -3.92. The Balaban J connectivity index is 2.34. The molecule has 0 aliphatic carbocycles. The number of ether oxygens (including phenoxy) is 1.